The summed E-state index contributed by atoms with van der Waals surface area (Å²) in [5.74, 6) is 0. The number of nitrogens with zero attached hydrogens (tertiary/aromatic N) is 1. The van der Waals surface area contributed by atoms with Crippen LogP contribution in [-0.2, 0) is 0 Å². The molecule has 2 fully saturated rings. The predicted octanol–water partition coefficient (Wildman–Crippen LogP) is 3.12. The first kappa shape index (κ1) is 14.7. The smallest absolute Gasteiger partial charge is 0.0218 e. The van der Waals surface area contributed by atoms with E-state index in [-0.39, 0.29) is 0 Å². The summed E-state index contributed by atoms with van der Waals surface area (Å²) in [5.41, 5.74) is 0. The number of thioether (sulfide) groups is 1. The molecule has 1 aliphatic carbocycles. The molecule has 2 aliphatic rings. The lowest BCUT2D eigenvalue weighted by Crippen LogP contribution is -2.60. The third-order valence-corrected chi connectivity index (χ3v) is 5.89. The molecule has 1 N–H and O–H groups in total. The van der Waals surface area contributed by atoms with E-state index < -0.39 is 0 Å². The standard InChI is InChI=1S/C15H30N2S/c1-4-7-13-11-17(12(2)10-16-13)14-8-5-6-9-15(14)18-3/h12-16H,4-11H2,1-3H3. The van der Waals surface area contributed by atoms with E-state index in [0.29, 0.717) is 0 Å². The van der Waals surface area contributed by atoms with E-state index in [1.807, 2.05) is 0 Å². The molecule has 1 saturated carbocycles. The normalized spacial score (nSPS) is 38.8. The third-order valence-electron chi connectivity index (χ3n) is 4.73. The second-order valence-corrected chi connectivity index (χ2v) is 7.14. The van der Waals surface area contributed by atoms with Crippen LogP contribution in [0.25, 0.3) is 0 Å². The first-order valence-corrected chi connectivity index (χ1v) is 9.07. The lowest BCUT2D eigenvalue weighted by molar-refractivity contribution is 0.0715. The fraction of sp³-hybridized carbons (Fsp3) is 1.00. The third kappa shape index (κ3) is 3.43. The van der Waals surface area contributed by atoms with E-state index in [2.05, 4.69) is 42.1 Å². The summed E-state index contributed by atoms with van der Waals surface area (Å²) in [7, 11) is 0. The van der Waals surface area contributed by atoms with Crippen molar-refractivity contribution in [1.82, 2.24) is 10.2 Å². The Hall–Kier alpha value is 0.270. The maximum atomic E-state index is 3.72. The largest absolute Gasteiger partial charge is 0.311 e. The highest BCUT2D eigenvalue weighted by atomic mass is 32.2. The second-order valence-electron chi connectivity index (χ2n) is 6.07. The zero-order valence-corrected chi connectivity index (χ0v) is 13.1. The summed E-state index contributed by atoms with van der Waals surface area (Å²) in [6.45, 7) is 7.16. The first-order valence-electron chi connectivity index (χ1n) is 7.78. The van der Waals surface area contributed by atoms with Crippen LogP contribution in [0.2, 0.25) is 0 Å². The molecular weight excluding hydrogens is 240 g/mol. The summed E-state index contributed by atoms with van der Waals surface area (Å²) in [5, 5.41) is 4.60. The lowest BCUT2D eigenvalue weighted by Gasteiger charge is -2.47. The Kier molecular flexibility index (Phi) is 5.84. The quantitative estimate of drug-likeness (QED) is 0.845. The Balaban J connectivity index is 1.99. The van der Waals surface area contributed by atoms with Crippen molar-refractivity contribution in [2.75, 3.05) is 19.3 Å². The topological polar surface area (TPSA) is 15.3 Å². The van der Waals surface area contributed by atoms with Gasteiger partial charge in [0.2, 0.25) is 0 Å². The van der Waals surface area contributed by atoms with Crippen molar-refractivity contribution in [1.29, 1.82) is 0 Å². The van der Waals surface area contributed by atoms with Crippen molar-refractivity contribution in [2.45, 2.75) is 75.7 Å². The molecule has 18 heavy (non-hydrogen) atoms. The Morgan fingerprint density at radius 1 is 1.28 bits per heavy atom. The van der Waals surface area contributed by atoms with Gasteiger partial charge in [0, 0.05) is 36.5 Å². The highest BCUT2D eigenvalue weighted by molar-refractivity contribution is 7.99. The predicted molar refractivity (Wildman–Crippen MR) is 82.4 cm³/mol. The number of hydrogen-bond donors (Lipinski definition) is 1. The van der Waals surface area contributed by atoms with Gasteiger partial charge in [-0.05, 0) is 32.4 Å². The maximum absolute atomic E-state index is 3.72. The van der Waals surface area contributed by atoms with Gasteiger partial charge < -0.3 is 5.32 Å². The molecule has 1 heterocycles. The van der Waals surface area contributed by atoms with Gasteiger partial charge in [-0.1, -0.05) is 26.2 Å². The molecule has 1 aliphatic heterocycles. The molecule has 0 aromatic rings. The van der Waals surface area contributed by atoms with Gasteiger partial charge in [-0.15, -0.1) is 0 Å². The van der Waals surface area contributed by atoms with E-state index in [4.69, 9.17) is 0 Å². The summed E-state index contributed by atoms with van der Waals surface area (Å²) in [6, 6.07) is 2.29. The maximum Gasteiger partial charge on any atom is 0.0218 e. The van der Waals surface area contributed by atoms with Crippen molar-refractivity contribution in [3.63, 3.8) is 0 Å². The number of rotatable bonds is 4. The van der Waals surface area contributed by atoms with Gasteiger partial charge in [-0.25, -0.2) is 0 Å². The molecular formula is C15H30N2S. The molecule has 4 unspecified atom stereocenters. The van der Waals surface area contributed by atoms with Crippen molar-refractivity contribution in [3.05, 3.63) is 0 Å². The summed E-state index contributed by atoms with van der Waals surface area (Å²) in [4.78, 5) is 2.83. The molecule has 0 aromatic heterocycles. The Morgan fingerprint density at radius 2 is 2.06 bits per heavy atom. The molecule has 0 bridgehead atoms. The van der Waals surface area contributed by atoms with Crippen molar-refractivity contribution in [2.24, 2.45) is 0 Å². The molecule has 2 rings (SSSR count). The van der Waals surface area contributed by atoms with E-state index in [9.17, 15) is 0 Å². The monoisotopic (exact) mass is 270 g/mol. The minimum Gasteiger partial charge on any atom is -0.311 e. The lowest BCUT2D eigenvalue weighted by atomic mass is 9.91. The Bertz CT molecular complexity index is 247. The minimum atomic E-state index is 0.718. The van der Waals surface area contributed by atoms with E-state index >= 15 is 0 Å². The van der Waals surface area contributed by atoms with Crippen LogP contribution in [-0.4, -0.2) is 47.6 Å². The SMILES string of the molecule is CCCC1CN(C2CCCCC2SC)C(C)CN1. The van der Waals surface area contributed by atoms with Gasteiger partial charge in [0.05, 0.1) is 0 Å². The molecule has 4 atom stereocenters. The second kappa shape index (κ2) is 7.16. The molecule has 0 radical (unpaired) electrons. The van der Waals surface area contributed by atoms with Gasteiger partial charge in [-0.2, -0.15) is 11.8 Å². The van der Waals surface area contributed by atoms with Gasteiger partial charge in [-0.3, -0.25) is 4.90 Å². The average Bonchev–Trinajstić information content (AvgIpc) is 2.41. The highest BCUT2D eigenvalue weighted by Crippen LogP contribution is 2.32. The van der Waals surface area contributed by atoms with Gasteiger partial charge in [0.1, 0.15) is 0 Å². The molecule has 0 spiro atoms. The fourth-order valence-corrected chi connectivity index (χ4v) is 4.70. The van der Waals surface area contributed by atoms with Crippen LogP contribution < -0.4 is 5.32 Å². The van der Waals surface area contributed by atoms with Crippen LogP contribution in [0, 0.1) is 0 Å². The van der Waals surface area contributed by atoms with Crippen LogP contribution in [0.4, 0.5) is 0 Å². The van der Waals surface area contributed by atoms with E-state index in [0.717, 1.165) is 23.4 Å². The van der Waals surface area contributed by atoms with Crippen LogP contribution >= 0.6 is 11.8 Å². The number of hydrogen-bond acceptors (Lipinski definition) is 3. The first-order chi connectivity index (χ1) is 8.76. The van der Waals surface area contributed by atoms with Crippen LogP contribution in [0.1, 0.15) is 52.4 Å². The van der Waals surface area contributed by atoms with E-state index in [1.165, 1.54) is 51.6 Å². The van der Waals surface area contributed by atoms with Crippen molar-refractivity contribution < 1.29 is 0 Å². The molecule has 2 nitrogen and oxygen atoms in total. The van der Waals surface area contributed by atoms with Crippen LogP contribution in [0.5, 0.6) is 0 Å². The van der Waals surface area contributed by atoms with Gasteiger partial charge in [0.15, 0.2) is 0 Å². The highest BCUT2D eigenvalue weighted by Gasteiger charge is 2.35. The van der Waals surface area contributed by atoms with Crippen molar-refractivity contribution >= 4 is 11.8 Å². The number of piperazine rings is 1. The molecule has 3 heteroatoms. The minimum absolute atomic E-state index is 0.718. The molecule has 0 aromatic carbocycles. The summed E-state index contributed by atoms with van der Waals surface area (Å²) < 4.78 is 0. The Labute approximate surface area is 117 Å². The Morgan fingerprint density at radius 3 is 2.78 bits per heavy atom. The van der Waals surface area contributed by atoms with Gasteiger partial charge in [0.25, 0.3) is 0 Å². The van der Waals surface area contributed by atoms with E-state index in [1.54, 1.807) is 0 Å². The zero-order chi connectivity index (χ0) is 13.0. The fourth-order valence-electron chi connectivity index (χ4n) is 3.69. The van der Waals surface area contributed by atoms with Crippen LogP contribution in [0.15, 0.2) is 0 Å². The molecule has 1 saturated heterocycles. The average molecular weight is 270 g/mol. The molecule has 0 amide bonds. The van der Waals surface area contributed by atoms with Gasteiger partial charge >= 0.3 is 0 Å². The van der Waals surface area contributed by atoms with Crippen molar-refractivity contribution in [3.8, 4) is 0 Å². The summed E-state index contributed by atoms with van der Waals surface area (Å²) in [6.07, 6.45) is 10.7. The number of nitrogens with one attached hydrogen (secondary N) is 1. The summed E-state index contributed by atoms with van der Waals surface area (Å²) >= 11 is 2.10. The zero-order valence-electron chi connectivity index (χ0n) is 12.3. The molecule has 106 valence electrons. The van der Waals surface area contributed by atoms with Crippen LogP contribution in [0.3, 0.4) is 0 Å².